The van der Waals surface area contributed by atoms with E-state index in [0.29, 0.717) is 0 Å². The van der Waals surface area contributed by atoms with Crippen LogP contribution < -0.4 is 11.2 Å². The average molecular weight is 286 g/mol. The highest BCUT2D eigenvalue weighted by Crippen LogP contribution is 2.64. The van der Waals surface area contributed by atoms with Gasteiger partial charge in [-0.05, 0) is 0 Å². The van der Waals surface area contributed by atoms with Crippen LogP contribution in [-0.4, -0.2) is 62.0 Å². The van der Waals surface area contributed by atoms with E-state index in [1.165, 1.54) is 7.11 Å². The van der Waals surface area contributed by atoms with Gasteiger partial charge in [0.1, 0.15) is 12.2 Å². The predicted octanol–water partition coefficient (Wildman–Crippen LogP) is -3.08. The van der Waals surface area contributed by atoms with E-state index in [1.807, 2.05) is 4.98 Å². The van der Waals surface area contributed by atoms with Gasteiger partial charge in [0.25, 0.3) is 5.56 Å². The van der Waals surface area contributed by atoms with Crippen molar-refractivity contribution >= 4 is 0 Å². The fourth-order valence-corrected chi connectivity index (χ4v) is 3.00. The summed E-state index contributed by atoms with van der Waals surface area (Å²) in [6.45, 7) is -0.548. The predicted molar refractivity (Wildman–Crippen MR) is 63.0 cm³/mol. The summed E-state index contributed by atoms with van der Waals surface area (Å²) in [6, 6.07) is 1.09. The Morgan fingerprint density at radius 3 is 2.70 bits per heavy atom. The van der Waals surface area contributed by atoms with Gasteiger partial charge in [0.05, 0.1) is 6.61 Å². The number of rotatable bonds is 3. The Balaban J connectivity index is 2.08. The quantitative estimate of drug-likeness (QED) is 0.463. The minimum absolute atomic E-state index is 0.548. The van der Waals surface area contributed by atoms with E-state index in [4.69, 9.17) is 9.47 Å². The molecule has 2 heterocycles. The van der Waals surface area contributed by atoms with E-state index in [9.17, 15) is 24.9 Å². The Bertz CT molecular complexity index is 647. The first-order valence-corrected chi connectivity index (χ1v) is 5.96. The van der Waals surface area contributed by atoms with Gasteiger partial charge in [-0.3, -0.25) is 14.3 Å². The Morgan fingerprint density at radius 1 is 1.45 bits per heavy atom. The Hall–Kier alpha value is -1.52. The Morgan fingerprint density at radius 2 is 2.15 bits per heavy atom. The van der Waals surface area contributed by atoms with E-state index in [-0.39, 0.29) is 0 Å². The van der Waals surface area contributed by atoms with E-state index < -0.39 is 47.5 Å². The molecule has 1 aliphatic heterocycles. The summed E-state index contributed by atoms with van der Waals surface area (Å²) in [5, 5.41) is 30.1. The van der Waals surface area contributed by atoms with Gasteiger partial charge >= 0.3 is 5.69 Å². The van der Waals surface area contributed by atoms with Crippen LogP contribution in [0.5, 0.6) is 0 Å². The molecule has 0 amide bonds. The topological polar surface area (TPSA) is 134 Å². The summed E-state index contributed by atoms with van der Waals surface area (Å²) in [5.74, 6) is 0. The zero-order valence-electron chi connectivity index (χ0n) is 10.5. The standard InChI is InChI=1S/C11H14N2O7/c1-19-7-10(17)5(4-14)20-8(11(7,10)18)13-3-2-6(15)12-9(13)16/h2-3,5,7-8,14,17-18H,4H2,1H3,(H,12,15,16)/t5-,7?,8-,10+,11+/m1/s1. The molecular weight excluding hydrogens is 272 g/mol. The molecule has 2 fully saturated rings. The zero-order valence-corrected chi connectivity index (χ0v) is 10.5. The molecule has 0 spiro atoms. The average Bonchev–Trinajstić information content (AvgIpc) is 2.79. The summed E-state index contributed by atoms with van der Waals surface area (Å²) in [4.78, 5) is 24.8. The van der Waals surface area contributed by atoms with Crippen molar-refractivity contribution in [3.05, 3.63) is 33.1 Å². The molecule has 1 saturated carbocycles. The number of fused-ring (bicyclic) bond motifs is 1. The van der Waals surface area contributed by atoms with Gasteiger partial charge in [-0.1, -0.05) is 0 Å². The highest BCUT2D eigenvalue weighted by Gasteiger charge is 2.89. The molecule has 1 unspecified atom stereocenters. The molecule has 0 aromatic carbocycles. The lowest BCUT2D eigenvalue weighted by Gasteiger charge is -2.23. The number of aliphatic hydroxyl groups excluding tert-OH is 1. The maximum Gasteiger partial charge on any atom is 0.330 e. The number of hydrogen-bond acceptors (Lipinski definition) is 7. The monoisotopic (exact) mass is 286 g/mol. The second-order valence-corrected chi connectivity index (χ2v) is 4.94. The fraction of sp³-hybridized carbons (Fsp3) is 0.636. The summed E-state index contributed by atoms with van der Waals surface area (Å²) in [6.07, 6.45) is -2.21. The molecule has 1 saturated heterocycles. The number of aromatic nitrogens is 2. The third-order valence-corrected chi connectivity index (χ3v) is 4.02. The lowest BCUT2D eigenvalue weighted by Crippen LogP contribution is -2.39. The molecule has 20 heavy (non-hydrogen) atoms. The van der Waals surface area contributed by atoms with Crippen molar-refractivity contribution in [2.24, 2.45) is 0 Å². The molecule has 0 radical (unpaired) electrons. The van der Waals surface area contributed by atoms with Crippen LogP contribution in [0.15, 0.2) is 21.9 Å². The van der Waals surface area contributed by atoms with E-state index in [1.54, 1.807) is 0 Å². The van der Waals surface area contributed by atoms with Gasteiger partial charge in [-0.15, -0.1) is 0 Å². The first-order valence-electron chi connectivity index (χ1n) is 5.96. The van der Waals surface area contributed by atoms with Gasteiger partial charge in [0, 0.05) is 19.4 Å². The van der Waals surface area contributed by atoms with Crippen LogP contribution >= 0.6 is 0 Å². The molecule has 1 aromatic heterocycles. The van der Waals surface area contributed by atoms with Gasteiger partial charge in [0.15, 0.2) is 17.4 Å². The summed E-state index contributed by atoms with van der Waals surface area (Å²) < 4.78 is 11.3. The number of H-pyrrole nitrogens is 1. The summed E-state index contributed by atoms with van der Waals surface area (Å²) in [5.41, 5.74) is -5.04. The largest absolute Gasteiger partial charge is 0.394 e. The number of aromatic amines is 1. The lowest BCUT2D eigenvalue weighted by molar-refractivity contribution is -0.132. The molecule has 5 atom stereocenters. The maximum atomic E-state index is 11.8. The molecule has 1 aliphatic carbocycles. The first kappa shape index (κ1) is 13.5. The number of nitrogens with zero attached hydrogens (tertiary/aromatic N) is 1. The fourth-order valence-electron chi connectivity index (χ4n) is 3.00. The number of nitrogens with one attached hydrogen (secondary N) is 1. The molecule has 110 valence electrons. The molecule has 9 nitrogen and oxygen atoms in total. The minimum Gasteiger partial charge on any atom is -0.394 e. The normalized spacial score (nSPS) is 42.5. The molecule has 3 rings (SSSR count). The van der Waals surface area contributed by atoms with E-state index in [0.717, 1.165) is 16.8 Å². The van der Waals surface area contributed by atoms with Crippen LogP contribution in [0.25, 0.3) is 0 Å². The van der Waals surface area contributed by atoms with Gasteiger partial charge in [-0.2, -0.15) is 0 Å². The van der Waals surface area contributed by atoms with Crippen LogP contribution in [-0.2, 0) is 9.47 Å². The molecule has 0 bridgehead atoms. The molecule has 2 aliphatic rings. The van der Waals surface area contributed by atoms with E-state index in [2.05, 4.69) is 0 Å². The molecule has 4 N–H and O–H groups in total. The Kier molecular flexibility index (Phi) is 2.69. The van der Waals surface area contributed by atoms with Crippen LogP contribution in [0.4, 0.5) is 0 Å². The molecule has 1 aromatic rings. The van der Waals surface area contributed by atoms with Gasteiger partial charge < -0.3 is 24.8 Å². The number of ether oxygens (including phenoxy) is 2. The Labute approximate surface area is 112 Å². The zero-order chi connectivity index (χ0) is 14.7. The smallest absolute Gasteiger partial charge is 0.330 e. The van der Waals surface area contributed by atoms with Crippen LogP contribution in [0, 0.1) is 0 Å². The van der Waals surface area contributed by atoms with Crippen LogP contribution in [0.1, 0.15) is 6.23 Å². The van der Waals surface area contributed by atoms with E-state index >= 15 is 0 Å². The van der Waals surface area contributed by atoms with Crippen molar-refractivity contribution < 1.29 is 24.8 Å². The lowest BCUT2D eigenvalue weighted by atomic mass is 10.1. The number of aliphatic hydroxyl groups is 3. The van der Waals surface area contributed by atoms with Gasteiger partial charge in [-0.25, -0.2) is 4.79 Å². The van der Waals surface area contributed by atoms with Crippen molar-refractivity contribution in [1.82, 2.24) is 9.55 Å². The number of hydrogen-bond donors (Lipinski definition) is 4. The summed E-state index contributed by atoms with van der Waals surface area (Å²) >= 11 is 0. The van der Waals surface area contributed by atoms with Crippen molar-refractivity contribution in [2.45, 2.75) is 29.6 Å². The van der Waals surface area contributed by atoms with Crippen molar-refractivity contribution in [2.75, 3.05) is 13.7 Å². The maximum absolute atomic E-state index is 11.8. The van der Waals surface area contributed by atoms with Crippen molar-refractivity contribution in [3.63, 3.8) is 0 Å². The van der Waals surface area contributed by atoms with Crippen LogP contribution in [0.2, 0.25) is 0 Å². The third-order valence-electron chi connectivity index (χ3n) is 4.02. The van der Waals surface area contributed by atoms with Gasteiger partial charge in [0.2, 0.25) is 0 Å². The number of methoxy groups -OCH3 is 1. The van der Waals surface area contributed by atoms with Crippen LogP contribution in [0.3, 0.4) is 0 Å². The van der Waals surface area contributed by atoms with Crippen molar-refractivity contribution in [3.8, 4) is 0 Å². The highest BCUT2D eigenvalue weighted by molar-refractivity contribution is 5.36. The molecule has 9 heteroatoms. The second kappa shape index (κ2) is 3.99. The SMILES string of the molecule is COC1[C@@]2(O)[C@@H](CO)O[C@@H](n3ccc(=O)[nH]c3=O)[C@@]12O. The molecular formula is C11H14N2O7. The van der Waals surface area contributed by atoms with Crippen molar-refractivity contribution in [1.29, 1.82) is 0 Å². The first-order chi connectivity index (χ1) is 9.41. The highest BCUT2D eigenvalue weighted by atomic mass is 16.6. The second-order valence-electron chi connectivity index (χ2n) is 4.94. The summed E-state index contributed by atoms with van der Waals surface area (Å²) in [7, 11) is 1.29. The minimum atomic E-state index is -1.86. The third kappa shape index (κ3) is 1.33.